The number of hydrogen-bond acceptors (Lipinski definition) is 4. The SMILES string of the molecule is CNC(=O)C(C)(C)CNC(=O)c1n[nH]c(C(C)C)c1N. The summed E-state index contributed by atoms with van der Waals surface area (Å²) < 4.78 is 0. The summed E-state index contributed by atoms with van der Waals surface area (Å²) in [6.07, 6.45) is 0. The van der Waals surface area contributed by atoms with Gasteiger partial charge in [-0.15, -0.1) is 0 Å². The number of amides is 2. The van der Waals surface area contributed by atoms with Gasteiger partial charge in [0.15, 0.2) is 5.69 Å². The van der Waals surface area contributed by atoms with E-state index in [0.717, 1.165) is 5.69 Å². The molecule has 0 aromatic carbocycles. The normalized spacial score (nSPS) is 11.5. The first-order valence-electron chi connectivity index (χ1n) is 6.54. The molecule has 7 heteroatoms. The van der Waals surface area contributed by atoms with Crippen molar-refractivity contribution in [1.29, 1.82) is 0 Å². The lowest BCUT2D eigenvalue weighted by molar-refractivity contribution is -0.128. The number of nitrogens with two attached hydrogens (primary N) is 1. The number of aromatic amines is 1. The third-order valence-corrected chi connectivity index (χ3v) is 3.16. The number of nitrogens with one attached hydrogen (secondary N) is 3. The fraction of sp³-hybridized carbons (Fsp3) is 0.615. The molecule has 112 valence electrons. The van der Waals surface area contributed by atoms with Crippen LogP contribution in [-0.4, -0.2) is 35.6 Å². The van der Waals surface area contributed by atoms with Crippen molar-refractivity contribution in [2.45, 2.75) is 33.6 Å². The number of anilines is 1. The number of H-pyrrole nitrogens is 1. The van der Waals surface area contributed by atoms with E-state index in [-0.39, 0.29) is 30.0 Å². The molecule has 1 rings (SSSR count). The second kappa shape index (κ2) is 5.94. The third kappa shape index (κ3) is 3.28. The van der Waals surface area contributed by atoms with E-state index in [1.54, 1.807) is 20.9 Å². The molecule has 20 heavy (non-hydrogen) atoms. The molecule has 5 N–H and O–H groups in total. The Kier molecular flexibility index (Phi) is 4.75. The van der Waals surface area contributed by atoms with Crippen LogP contribution in [0, 0.1) is 5.41 Å². The zero-order chi connectivity index (χ0) is 15.5. The summed E-state index contributed by atoms with van der Waals surface area (Å²) >= 11 is 0. The Morgan fingerprint density at radius 2 is 2.00 bits per heavy atom. The zero-order valence-corrected chi connectivity index (χ0v) is 12.6. The summed E-state index contributed by atoms with van der Waals surface area (Å²) in [5.41, 5.74) is 6.46. The van der Waals surface area contributed by atoms with Gasteiger partial charge >= 0.3 is 0 Å². The van der Waals surface area contributed by atoms with Crippen molar-refractivity contribution in [2.75, 3.05) is 19.3 Å². The van der Waals surface area contributed by atoms with Gasteiger partial charge < -0.3 is 16.4 Å². The number of nitrogens with zero attached hydrogens (tertiary/aromatic N) is 1. The Bertz CT molecular complexity index is 505. The van der Waals surface area contributed by atoms with E-state index < -0.39 is 5.41 Å². The van der Waals surface area contributed by atoms with Crippen LogP contribution in [0.4, 0.5) is 5.69 Å². The van der Waals surface area contributed by atoms with E-state index in [0.29, 0.717) is 5.69 Å². The van der Waals surface area contributed by atoms with E-state index in [2.05, 4.69) is 20.8 Å². The predicted octanol–water partition coefficient (Wildman–Crippen LogP) is 0.617. The van der Waals surface area contributed by atoms with E-state index in [1.165, 1.54) is 0 Å². The van der Waals surface area contributed by atoms with Crippen molar-refractivity contribution in [2.24, 2.45) is 5.41 Å². The molecule has 0 saturated carbocycles. The minimum Gasteiger partial charge on any atom is -0.395 e. The maximum absolute atomic E-state index is 12.1. The van der Waals surface area contributed by atoms with Crippen molar-refractivity contribution in [1.82, 2.24) is 20.8 Å². The third-order valence-electron chi connectivity index (χ3n) is 3.16. The van der Waals surface area contributed by atoms with Crippen molar-refractivity contribution in [3.8, 4) is 0 Å². The van der Waals surface area contributed by atoms with Gasteiger partial charge in [-0.05, 0) is 19.8 Å². The minimum absolute atomic E-state index is 0.143. The molecule has 0 aliphatic carbocycles. The first-order valence-corrected chi connectivity index (χ1v) is 6.54. The molecule has 0 radical (unpaired) electrons. The fourth-order valence-electron chi connectivity index (χ4n) is 1.78. The molecule has 0 fully saturated rings. The van der Waals surface area contributed by atoms with Crippen LogP contribution in [0.2, 0.25) is 0 Å². The fourth-order valence-corrected chi connectivity index (χ4v) is 1.78. The Morgan fingerprint density at radius 3 is 2.45 bits per heavy atom. The second-order valence-corrected chi connectivity index (χ2v) is 5.70. The van der Waals surface area contributed by atoms with E-state index in [9.17, 15) is 9.59 Å². The zero-order valence-electron chi connectivity index (χ0n) is 12.6. The Labute approximate surface area is 118 Å². The number of hydrogen-bond donors (Lipinski definition) is 4. The highest BCUT2D eigenvalue weighted by Gasteiger charge is 2.28. The lowest BCUT2D eigenvalue weighted by atomic mass is 9.92. The van der Waals surface area contributed by atoms with Gasteiger partial charge in [-0.3, -0.25) is 14.7 Å². The molecule has 0 unspecified atom stereocenters. The molecule has 1 heterocycles. The molecule has 2 amide bonds. The molecule has 0 bridgehead atoms. The van der Waals surface area contributed by atoms with Crippen molar-refractivity contribution < 1.29 is 9.59 Å². The van der Waals surface area contributed by atoms with E-state index in [1.807, 2.05) is 13.8 Å². The highest BCUT2D eigenvalue weighted by Crippen LogP contribution is 2.22. The van der Waals surface area contributed by atoms with Crippen LogP contribution < -0.4 is 16.4 Å². The summed E-state index contributed by atoms with van der Waals surface area (Å²) in [4.78, 5) is 23.7. The Morgan fingerprint density at radius 1 is 1.40 bits per heavy atom. The molecule has 0 spiro atoms. The molecule has 7 nitrogen and oxygen atoms in total. The van der Waals surface area contributed by atoms with Gasteiger partial charge in [0, 0.05) is 13.6 Å². The standard InChI is InChI=1S/C13H23N5O2/c1-7(2)9-8(14)10(18-17-9)11(19)16-6-13(3,4)12(20)15-5/h7H,6,14H2,1-5H3,(H,15,20)(H,16,19)(H,17,18). The van der Waals surface area contributed by atoms with Crippen LogP contribution in [0.1, 0.15) is 49.8 Å². The van der Waals surface area contributed by atoms with Gasteiger partial charge in [-0.2, -0.15) is 5.10 Å². The molecule has 0 aliphatic heterocycles. The van der Waals surface area contributed by atoms with Gasteiger partial charge in [0.25, 0.3) is 5.91 Å². The van der Waals surface area contributed by atoms with Crippen molar-refractivity contribution in [3.63, 3.8) is 0 Å². The van der Waals surface area contributed by atoms with Gasteiger partial charge in [0.2, 0.25) is 5.91 Å². The monoisotopic (exact) mass is 281 g/mol. The lowest BCUT2D eigenvalue weighted by Gasteiger charge is -2.22. The lowest BCUT2D eigenvalue weighted by Crippen LogP contribution is -2.43. The number of carbonyl (C=O) groups excluding carboxylic acids is 2. The second-order valence-electron chi connectivity index (χ2n) is 5.70. The average molecular weight is 281 g/mol. The number of nitrogen functional groups attached to an aromatic ring is 1. The van der Waals surface area contributed by atoms with Crippen LogP contribution >= 0.6 is 0 Å². The highest BCUT2D eigenvalue weighted by molar-refractivity contribution is 5.98. The first-order chi connectivity index (χ1) is 9.20. The topological polar surface area (TPSA) is 113 Å². The highest BCUT2D eigenvalue weighted by atomic mass is 16.2. The summed E-state index contributed by atoms with van der Waals surface area (Å²) in [5.74, 6) is -0.371. The van der Waals surface area contributed by atoms with Crippen LogP contribution in [0.25, 0.3) is 0 Å². The minimum atomic E-state index is -0.698. The molecule has 0 atom stereocenters. The maximum atomic E-state index is 12.1. The summed E-state index contributed by atoms with van der Waals surface area (Å²) in [6, 6.07) is 0. The van der Waals surface area contributed by atoms with Crippen LogP contribution in [-0.2, 0) is 4.79 Å². The van der Waals surface area contributed by atoms with Crippen LogP contribution in [0.15, 0.2) is 0 Å². The van der Waals surface area contributed by atoms with Crippen LogP contribution in [0.5, 0.6) is 0 Å². The largest absolute Gasteiger partial charge is 0.395 e. The molecular weight excluding hydrogens is 258 g/mol. The molecule has 1 aromatic heterocycles. The predicted molar refractivity (Wildman–Crippen MR) is 77.3 cm³/mol. The van der Waals surface area contributed by atoms with Gasteiger partial charge in [-0.1, -0.05) is 13.8 Å². The smallest absolute Gasteiger partial charge is 0.273 e. The van der Waals surface area contributed by atoms with Crippen molar-refractivity contribution in [3.05, 3.63) is 11.4 Å². The van der Waals surface area contributed by atoms with Crippen LogP contribution in [0.3, 0.4) is 0 Å². The van der Waals surface area contributed by atoms with Crippen molar-refractivity contribution >= 4 is 17.5 Å². The quantitative estimate of drug-likeness (QED) is 0.633. The first kappa shape index (κ1) is 16.0. The van der Waals surface area contributed by atoms with Gasteiger partial charge in [-0.25, -0.2) is 0 Å². The number of rotatable bonds is 5. The summed E-state index contributed by atoms with van der Waals surface area (Å²) in [6.45, 7) is 7.62. The number of carbonyl (C=O) groups is 2. The summed E-state index contributed by atoms with van der Waals surface area (Å²) in [7, 11) is 1.56. The number of aromatic nitrogens is 2. The molecule has 0 aliphatic rings. The molecule has 0 saturated heterocycles. The van der Waals surface area contributed by atoms with E-state index in [4.69, 9.17) is 5.73 Å². The van der Waals surface area contributed by atoms with Gasteiger partial charge in [0.1, 0.15) is 0 Å². The Hall–Kier alpha value is -2.05. The Balaban J connectivity index is 2.76. The van der Waals surface area contributed by atoms with Gasteiger partial charge in [0.05, 0.1) is 16.8 Å². The average Bonchev–Trinajstić information content (AvgIpc) is 2.77. The van der Waals surface area contributed by atoms with E-state index >= 15 is 0 Å². The summed E-state index contributed by atoms with van der Waals surface area (Å²) in [5, 5.41) is 12.0. The molecular formula is C13H23N5O2. The maximum Gasteiger partial charge on any atom is 0.273 e. The molecule has 1 aromatic rings.